The van der Waals surface area contributed by atoms with Crippen molar-refractivity contribution in [2.45, 2.75) is 6.92 Å². The van der Waals surface area contributed by atoms with Gasteiger partial charge >= 0.3 is 0 Å². The van der Waals surface area contributed by atoms with E-state index in [4.69, 9.17) is 13.9 Å². The Bertz CT molecular complexity index is 802. The number of benzene rings is 2. The highest BCUT2D eigenvalue weighted by molar-refractivity contribution is 5.89. The highest BCUT2D eigenvalue weighted by atomic mass is 16.5. The zero-order valence-electron chi connectivity index (χ0n) is 12.1. The average molecular weight is 284 g/mol. The number of fused-ring (bicyclic) bond motifs is 1. The standard InChI is InChI=1S/C17H16O4/c1-10-4-5-15-14(17(10)20-3)9-16(21-15)11-6-12(18)8-13(7-11)19-2/h4-9,18H,1-3H3. The van der Waals surface area contributed by atoms with E-state index in [2.05, 4.69) is 0 Å². The summed E-state index contributed by atoms with van der Waals surface area (Å²) in [4.78, 5) is 0. The minimum Gasteiger partial charge on any atom is -0.508 e. The molecule has 0 spiro atoms. The monoisotopic (exact) mass is 284 g/mol. The number of furan rings is 1. The molecule has 0 fully saturated rings. The number of hydrogen-bond donors (Lipinski definition) is 1. The summed E-state index contributed by atoms with van der Waals surface area (Å²) < 4.78 is 16.5. The second-order valence-electron chi connectivity index (χ2n) is 4.86. The normalized spacial score (nSPS) is 10.8. The van der Waals surface area contributed by atoms with E-state index in [-0.39, 0.29) is 5.75 Å². The van der Waals surface area contributed by atoms with Crippen molar-refractivity contribution in [2.24, 2.45) is 0 Å². The largest absolute Gasteiger partial charge is 0.508 e. The molecular weight excluding hydrogens is 268 g/mol. The minimum atomic E-state index is 0.132. The molecule has 0 saturated carbocycles. The van der Waals surface area contributed by atoms with Gasteiger partial charge in [0.2, 0.25) is 0 Å². The molecule has 0 aliphatic heterocycles. The van der Waals surface area contributed by atoms with Gasteiger partial charge in [-0.15, -0.1) is 0 Å². The van der Waals surface area contributed by atoms with E-state index in [0.29, 0.717) is 11.5 Å². The first-order valence-electron chi connectivity index (χ1n) is 6.58. The third-order valence-electron chi connectivity index (χ3n) is 3.46. The van der Waals surface area contributed by atoms with Crippen LogP contribution in [0.3, 0.4) is 0 Å². The van der Waals surface area contributed by atoms with Gasteiger partial charge in [0.05, 0.1) is 19.6 Å². The lowest BCUT2D eigenvalue weighted by molar-refractivity contribution is 0.407. The van der Waals surface area contributed by atoms with E-state index in [9.17, 15) is 5.11 Å². The lowest BCUT2D eigenvalue weighted by atomic mass is 10.1. The Morgan fingerprint density at radius 1 is 1.00 bits per heavy atom. The van der Waals surface area contributed by atoms with E-state index >= 15 is 0 Å². The number of ether oxygens (including phenoxy) is 2. The molecule has 0 unspecified atom stereocenters. The molecule has 108 valence electrons. The quantitative estimate of drug-likeness (QED) is 0.785. The summed E-state index contributed by atoms with van der Waals surface area (Å²) in [5.41, 5.74) is 2.54. The second-order valence-corrected chi connectivity index (χ2v) is 4.86. The lowest BCUT2D eigenvalue weighted by Gasteiger charge is -2.03. The number of methoxy groups -OCH3 is 2. The van der Waals surface area contributed by atoms with Crippen LogP contribution in [0.1, 0.15) is 5.56 Å². The van der Waals surface area contributed by atoms with Crippen LogP contribution in [0.2, 0.25) is 0 Å². The van der Waals surface area contributed by atoms with Crippen LogP contribution in [0.15, 0.2) is 40.8 Å². The van der Waals surface area contributed by atoms with Crippen LogP contribution in [-0.2, 0) is 0 Å². The maximum atomic E-state index is 9.76. The van der Waals surface area contributed by atoms with Gasteiger partial charge in [-0.05, 0) is 36.8 Å². The molecule has 0 aliphatic carbocycles. The fourth-order valence-corrected chi connectivity index (χ4v) is 2.45. The van der Waals surface area contributed by atoms with Crippen molar-refractivity contribution in [1.29, 1.82) is 0 Å². The Kier molecular flexibility index (Phi) is 3.22. The predicted molar refractivity (Wildman–Crippen MR) is 81.2 cm³/mol. The van der Waals surface area contributed by atoms with Crippen molar-refractivity contribution in [3.63, 3.8) is 0 Å². The van der Waals surface area contributed by atoms with Gasteiger partial charge in [0.1, 0.15) is 28.6 Å². The van der Waals surface area contributed by atoms with Crippen LogP contribution in [-0.4, -0.2) is 19.3 Å². The third-order valence-corrected chi connectivity index (χ3v) is 3.46. The number of phenolic OH excluding ortho intramolecular Hbond substituents is 1. The van der Waals surface area contributed by atoms with Gasteiger partial charge in [-0.1, -0.05) is 6.07 Å². The van der Waals surface area contributed by atoms with Gasteiger partial charge in [0.25, 0.3) is 0 Å². The lowest BCUT2D eigenvalue weighted by Crippen LogP contribution is -1.86. The fraction of sp³-hybridized carbons (Fsp3) is 0.176. The summed E-state index contributed by atoms with van der Waals surface area (Å²) in [7, 11) is 3.20. The van der Waals surface area contributed by atoms with Crippen molar-refractivity contribution < 1.29 is 19.0 Å². The van der Waals surface area contributed by atoms with Gasteiger partial charge in [-0.2, -0.15) is 0 Å². The second kappa shape index (κ2) is 5.05. The van der Waals surface area contributed by atoms with Crippen molar-refractivity contribution in [3.05, 3.63) is 42.0 Å². The molecular formula is C17H16O4. The maximum Gasteiger partial charge on any atom is 0.138 e. The maximum absolute atomic E-state index is 9.76. The summed E-state index contributed by atoms with van der Waals surface area (Å²) in [6.45, 7) is 1.99. The highest BCUT2D eigenvalue weighted by Gasteiger charge is 2.13. The smallest absolute Gasteiger partial charge is 0.138 e. The summed E-state index contributed by atoms with van der Waals surface area (Å²) >= 11 is 0. The zero-order chi connectivity index (χ0) is 15.0. The highest BCUT2D eigenvalue weighted by Crippen LogP contribution is 2.37. The summed E-state index contributed by atoms with van der Waals surface area (Å²) in [5, 5.41) is 10.7. The number of aryl methyl sites for hydroxylation is 1. The van der Waals surface area contributed by atoms with E-state index in [1.54, 1.807) is 26.4 Å². The van der Waals surface area contributed by atoms with Crippen LogP contribution >= 0.6 is 0 Å². The number of rotatable bonds is 3. The molecule has 1 aromatic heterocycles. The topological polar surface area (TPSA) is 51.8 Å². The Hall–Kier alpha value is -2.62. The number of phenols is 1. The van der Waals surface area contributed by atoms with E-state index in [0.717, 1.165) is 27.8 Å². The first-order valence-corrected chi connectivity index (χ1v) is 6.58. The third kappa shape index (κ3) is 2.29. The van der Waals surface area contributed by atoms with E-state index in [1.807, 2.05) is 31.2 Å². The molecule has 0 aliphatic rings. The Morgan fingerprint density at radius 3 is 2.52 bits per heavy atom. The molecule has 0 bridgehead atoms. The number of hydrogen-bond acceptors (Lipinski definition) is 4. The molecule has 4 nitrogen and oxygen atoms in total. The molecule has 2 aromatic carbocycles. The summed E-state index contributed by atoms with van der Waals surface area (Å²) in [6, 6.07) is 10.8. The minimum absolute atomic E-state index is 0.132. The summed E-state index contributed by atoms with van der Waals surface area (Å²) in [5.74, 6) is 2.17. The first-order chi connectivity index (χ1) is 10.1. The van der Waals surface area contributed by atoms with Gasteiger partial charge < -0.3 is 19.0 Å². The Morgan fingerprint density at radius 2 is 1.81 bits per heavy atom. The molecule has 1 N–H and O–H groups in total. The zero-order valence-corrected chi connectivity index (χ0v) is 12.1. The molecule has 4 heteroatoms. The molecule has 21 heavy (non-hydrogen) atoms. The molecule has 0 saturated heterocycles. The van der Waals surface area contributed by atoms with E-state index < -0.39 is 0 Å². The fourth-order valence-electron chi connectivity index (χ4n) is 2.45. The van der Waals surface area contributed by atoms with Crippen LogP contribution in [0.4, 0.5) is 0 Å². The van der Waals surface area contributed by atoms with Crippen LogP contribution in [0.25, 0.3) is 22.3 Å². The van der Waals surface area contributed by atoms with Crippen LogP contribution in [0, 0.1) is 6.92 Å². The van der Waals surface area contributed by atoms with Gasteiger partial charge in [0.15, 0.2) is 0 Å². The van der Waals surface area contributed by atoms with Gasteiger partial charge in [-0.3, -0.25) is 0 Å². The van der Waals surface area contributed by atoms with Crippen molar-refractivity contribution >= 4 is 11.0 Å². The van der Waals surface area contributed by atoms with Crippen LogP contribution < -0.4 is 9.47 Å². The Balaban J connectivity index is 2.20. The summed E-state index contributed by atoms with van der Waals surface area (Å²) in [6.07, 6.45) is 0. The van der Waals surface area contributed by atoms with Crippen molar-refractivity contribution in [3.8, 4) is 28.6 Å². The SMILES string of the molecule is COc1cc(O)cc(-c2cc3c(OC)c(C)ccc3o2)c1. The molecule has 3 rings (SSSR count). The molecule has 0 radical (unpaired) electrons. The van der Waals surface area contributed by atoms with E-state index in [1.165, 1.54) is 0 Å². The first kappa shape index (κ1) is 13.4. The van der Waals surface area contributed by atoms with Gasteiger partial charge in [0, 0.05) is 11.6 Å². The molecule has 0 amide bonds. The predicted octanol–water partition coefficient (Wildman–Crippen LogP) is 4.13. The average Bonchev–Trinajstić information content (AvgIpc) is 2.90. The molecule has 1 heterocycles. The van der Waals surface area contributed by atoms with Crippen LogP contribution in [0.5, 0.6) is 17.2 Å². The van der Waals surface area contributed by atoms with Crippen molar-refractivity contribution in [2.75, 3.05) is 14.2 Å². The number of aromatic hydroxyl groups is 1. The van der Waals surface area contributed by atoms with Crippen molar-refractivity contribution in [1.82, 2.24) is 0 Å². The molecule has 3 aromatic rings. The Labute approximate surface area is 122 Å². The van der Waals surface area contributed by atoms with Gasteiger partial charge in [-0.25, -0.2) is 0 Å². The molecule has 0 atom stereocenters.